The van der Waals surface area contributed by atoms with Crippen molar-refractivity contribution in [1.82, 2.24) is 4.57 Å². The van der Waals surface area contributed by atoms with Crippen molar-refractivity contribution in [2.24, 2.45) is 0 Å². The quantitative estimate of drug-likeness (QED) is 0.523. The summed E-state index contributed by atoms with van der Waals surface area (Å²) in [6, 6.07) is 8.56. The summed E-state index contributed by atoms with van der Waals surface area (Å²) in [5.74, 6) is -1.21. The van der Waals surface area contributed by atoms with Crippen LogP contribution in [0.25, 0.3) is 16.8 Å². The molecule has 1 aromatic heterocycles. The molecule has 152 valence electrons. The fourth-order valence-corrected chi connectivity index (χ4v) is 2.64. The summed E-state index contributed by atoms with van der Waals surface area (Å²) in [5.41, 5.74) is -2.64. The number of nitrogens with zero attached hydrogens (tertiary/aromatic N) is 1. The van der Waals surface area contributed by atoms with Crippen LogP contribution in [0.1, 0.15) is 5.56 Å². The fraction of sp³-hybridized carbons (Fsp3) is 0.105. The molecule has 0 aliphatic heterocycles. The lowest BCUT2D eigenvalue weighted by molar-refractivity contribution is -0.274. The molecule has 1 heterocycles. The lowest BCUT2D eigenvalue weighted by Gasteiger charge is -2.16. The molecule has 3 nitrogen and oxygen atoms in total. The van der Waals surface area contributed by atoms with Crippen molar-refractivity contribution in [3.05, 3.63) is 82.5 Å². The Morgan fingerprint density at radius 1 is 0.828 bits per heavy atom. The summed E-state index contributed by atoms with van der Waals surface area (Å²) in [6.45, 7) is 0. The first kappa shape index (κ1) is 20.4. The third kappa shape index (κ3) is 4.76. The van der Waals surface area contributed by atoms with E-state index in [1.807, 2.05) is 0 Å². The van der Waals surface area contributed by atoms with E-state index in [1.165, 1.54) is 0 Å². The third-order valence-corrected chi connectivity index (χ3v) is 3.86. The van der Waals surface area contributed by atoms with Crippen molar-refractivity contribution in [3.8, 4) is 22.6 Å². The number of hydrogen-bond donors (Lipinski definition) is 0. The first-order chi connectivity index (χ1) is 13.4. The number of rotatable bonds is 3. The van der Waals surface area contributed by atoms with E-state index in [0.29, 0.717) is 6.07 Å². The molecule has 29 heavy (non-hydrogen) atoms. The molecule has 0 aliphatic carbocycles. The van der Waals surface area contributed by atoms with Crippen LogP contribution in [0.15, 0.2) is 65.6 Å². The zero-order valence-corrected chi connectivity index (χ0v) is 14.2. The third-order valence-electron chi connectivity index (χ3n) is 3.86. The van der Waals surface area contributed by atoms with Crippen LogP contribution in [-0.4, -0.2) is 10.9 Å². The highest BCUT2D eigenvalue weighted by Gasteiger charge is 2.35. The van der Waals surface area contributed by atoms with Gasteiger partial charge in [0.2, 0.25) is 0 Å². The first-order valence-electron chi connectivity index (χ1n) is 7.90. The van der Waals surface area contributed by atoms with Gasteiger partial charge in [0.25, 0.3) is 5.56 Å². The Balaban J connectivity index is 2.12. The largest absolute Gasteiger partial charge is 0.573 e. The molecule has 2 aromatic carbocycles. The number of ether oxygens (including phenoxy) is 1. The molecule has 0 fully saturated rings. The van der Waals surface area contributed by atoms with E-state index in [1.54, 1.807) is 0 Å². The van der Waals surface area contributed by atoms with Gasteiger partial charge in [-0.25, -0.2) is 4.39 Å². The topological polar surface area (TPSA) is 31.2 Å². The molecule has 0 aliphatic rings. The average molecular weight is 417 g/mol. The Labute approximate surface area is 158 Å². The summed E-state index contributed by atoms with van der Waals surface area (Å²) >= 11 is 0. The van der Waals surface area contributed by atoms with Crippen LogP contribution in [0, 0.1) is 5.82 Å². The highest BCUT2D eigenvalue weighted by molar-refractivity contribution is 5.67. The summed E-state index contributed by atoms with van der Waals surface area (Å²) < 4.78 is 94.6. The standard InChI is InChI=1S/C19H10F7NO2/c20-12-3-1-11(2-4-12)15-10-27(17(28)9-16(15)18(21,22)23)13-5-7-14(8-6-13)29-19(24,25)26/h1-10H. The highest BCUT2D eigenvalue weighted by Crippen LogP contribution is 2.36. The van der Waals surface area contributed by atoms with Gasteiger partial charge in [-0.2, -0.15) is 13.2 Å². The maximum Gasteiger partial charge on any atom is 0.573 e. The summed E-state index contributed by atoms with van der Waals surface area (Å²) in [5, 5.41) is 0. The maximum absolute atomic E-state index is 13.4. The molecule has 0 saturated heterocycles. The van der Waals surface area contributed by atoms with Crippen LogP contribution in [0.3, 0.4) is 0 Å². The predicted molar refractivity (Wildman–Crippen MR) is 89.1 cm³/mol. The van der Waals surface area contributed by atoms with E-state index < -0.39 is 40.8 Å². The Morgan fingerprint density at radius 3 is 1.93 bits per heavy atom. The van der Waals surface area contributed by atoms with Crippen LogP contribution in [0.2, 0.25) is 0 Å². The summed E-state index contributed by atoms with van der Waals surface area (Å²) in [6.07, 6.45) is -8.87. The van der Waals surface area contributed by atoms with Gasteiger partial charge in [0.15, 0.2) is 0 Å². The van der Waals surface area contributed by atoms with Gasteiger partial charge in [-0.15, -0.1) is 13.2 Å². The van der Waals surface area contributed by atoms with E-state index in [4.69, 9.17) is 0 Å². The van der Waals surface area contributed by atoms with E-state index in [9.17, 15) is 35.5 Å². The molecule has 0 amide bonds. The van der Waals surface area contributed by atoms with Crippen molar-refractivity contribution in [2.75, 3.05) is 0 Å². The summed E-state index contributed by atoms with van der Waals surface area (Å²) in [7, 11) is 0. The van der Waals surface area contributed by atoms with Gasteiger partial charge >= 0.3 is 12.5 Å². The monoisotopic (exact) mass is 417 g/mol. The fourth-order valence-electron chi connectivity index (χ4n) is 2.64. The molecular formula is C19H10F7NO2. The molecule has 0 N–H and O–H groups in total. The lowest BCUT2D eigenvalue weighted by Crippen LogP contribution is -2.22. The normalized spacial score (nSPS) is 12.1. The number of hydrogen-bond acceptors (Lipinski definition) is 2. The van der Waals surface area contributed by atoms with Gasteiger partial charge in [0, 0.05) is 23.5 Å². The number of benzene rings is 2. The van der Waals surface area contributed by atoms with Crippen LogP contribution < -0.4 is 10.3 Å². The van der Waals surface area contributed by atoms with E-state index in [0.717, 1.165) is 59.3 Å². The molecule has 0 spiro atoms. The van der Waals surface area contributed by atoms with Gasteiger partial charge < -0.3 is 4.74 Å². The van der Waals surface area contributed by atoms with Crippen molar-refractivity contribution in [2.45, 2.75) is 12.5 Å². The zero-order chi connectivity index (χ0) is 21.4. The number of alkyl halides is 6. The Kier molecular flexibility index (Phi) is 5.12. The second kappa shape index (κ2) is 7.26. The molecule has 3 aromatic rings. The second-order valence-electron chi connectivity index (χ2n) is 5.86. The minimum Gasteiger partial charge on any atom is -0.406 e. The van der Waals surface area contributed by atoms with Crippen LogP contribution in [0.5, 0.6) is 5.75 Å². The molecule has 0 radical (unpaired) electrons. The van der Waals surface area contributed by atoms with Gasteiger partial charge in [-0.05, 0) is 42.0 Å². The Hall–Kier alpha value is -3.30. The average Bonchev–Trinajstić information content (AvgIpc) is 2.61. The van der Waals surface area contributed by atoms with Gasteiger partial charge in [0.05, 0.1) is 5.56 Å². The highest BCUT2D eigenvalue weighted by atomic mass is 19.4. The number of aromatic nitrogens is 1. The number of halogens is 7. The molecular weight excluding hydrogens is 407 g/mol. The molecule has 10 heteroatoms. The van der Waals surface area contributed by atoms with Crippen molar-refractivity contribution >= 4 is 0 Å². The van der Waals surface area contributed by atoms with Crippen LogP contribution in [-0.2, 0) is 6.18 Å². The van der Waals surface area contributed by atoms with E-state index in [2.05, 4.69) is 4.74 Å². The first-order valence-corrected chi connectivity index (χ1v) is 7.90. The predicted octanol–water partition coefficient (Wildman–Crippen LogP) is 5.56. The molecule has 0 saturated carbocycles. The Bertz CT molecular complexity index is 1070. The van der Waals surface area contributed by atoms with Crippen molar-refractivity contribution in [3.63, 3.8) is 0 Å². The second-order valence-corrected chi connectivity index (χ2v) is 5.86. The Morgan fingerprint density at radius 2 is 1.41 bits per heavy atom. The van der Waals surface area contributed by atoms with Gasteiger partial charge in [-0.3, -0.25) is 9.36 Å². The van der Waals surface area contributed by atoms with Crippen molar-refractivity contribution in [1.29, 1.82) is 0 Å². The van der Waals surface area contributed by atoms with Crippen molar-refractivity contribution < 1.29 is 35.5 Å². The minimum absolute atomic E-state index is 0.00417. The molecule has 0 bridgehead atoms. The minimum atomic E-state index is -4.91. The lowest BCUT2D eigenvalue weighted by atomic mass is 10.0. The molecule has 3 rings (SSSR count). The van der Waals surface area contributed by atoms with Crippen LogP contribution in [0.4, 0.5) is 30.7 Å². The van der Waals surface area contributed by atoms with E-state index >= 15 is 0 Å². The zero-order valence-electron chi connectivity index (χ0n) is 14.2. The van der Waals surface area contributed by atoms with Gasteiger partial charge in [0.1, 0.15) is 11.6 Å². The maximum atomic E-state index is 13.4. The van der Waals surface area contributed by atoms with Crippen LogP contribution >= 0.6 is 0 Å². The number of pyridine rings is 1. The summed E-state index contributed by atoms with van der Waals surface area (Å²) in [4.78, 5) is 12.2. The smallest absolute Gasteiger partial charge is 0.406 e. The SMILES string of the molecule is O=c1cc(C(F)(F)F)c(-c2ccc(F)cc2)cn1-c1ccc(OC(F)(F)F)cc1. The molecule has 0 unspecified atom stereocenters. The molecule has 0 atom stereocenters. The van der Waals surface area contributed by atoms with E-state index in [-0.39, 0.29) is 11.3 Å². The van der Waals surface area contributed by atoms with Gasteiger partial charge in [-0.1, -0.05) is 12.1 Å².